The largest absolute Gasteiger partial charge is 0.264 e. The predicted octanol–water partition coefficient (Wildman–Crippen LogP) is 2.95. The molecular weight excluding hydrogens is 256 g/mol. The van der Waals surface area contributed by atoms with Gasteiger partial charge in [0.15, 0.2) is 0 Å². The maximum atomic E-state index is 4.44. The van der Waals surface area contributed by atoms with Gasteiger partial charge in [-0.05, 0) is 23.8 Å². The van der Waals surface area contributed by atoms with Crippen molar-refractivity contribution in [2.24, 2.45) is 0 Å². The van der Waals surface area contributed by atoms with E-state index >= 15 is 0 Å². The maximum Gasteiger partial charge on any atom is 0.209 e. The van der Waals surface area contributed by atoms with Crippen molar-refractivity contribution >= 4 is 11.8 Å². The molecule has 1 aromatic carbocycles. The van der Waals surface area contributed by atoms with Gasteiger partial charge in [-0.25, -0.2) is 9.67 Å². The molecule has 4 nitrogen and oxygen atoms in total. The Hall–Kier alpha value is -2.14. The quantitative estimate of drug-likeness (QED) is 0.682. The Morgan fingerprint density at radius 3 is 2.74 bits per heavy atom. The van der Waals surface area contributed by atoms with E-state index in [9.17, 15) is 0 Å². The van der Waals surface area contributed by atoms with Crippen LogP contribution >= 0.6 is 11.8 Å². The molecule has 0 aliphatic carbocycles. The summed E-state index contributed by atoms with van der Waals surface area (Å²) in [5, 5.41) is 5.21. The molecule has 0 bridgehead atoms. The van der Waals surface area contributed by atoms with Crippen LogP contribution in [0.1, 0.15) is 5.56 Å². The van der Waals surface area contributed by atoms with Crippen LogP contribution in [-0.2, 0) is 5.75 Å². The fraction of sp³-hybridized carbons (Fsp3) is 0.0714. The van der Waals surface area contributed by atoms with Crippen LogP contribution in [0.3, 0.4) is 0 Å². The van der Waals surface area contributed by atoms with Gasteiger partial charge in [-0.2, -0.15) is 0 Å². The van der Waals surface area contributed by atoms with Gasteiger partial charge in [0.1, 0.15) is 6.33 Å². The van der Waals surface area contributed by atoms with Crippen molar-refractivity contribution < 1.29 is 0 Å². The van der Waals surface area contributed by atoms with Crippen LogP contribution in [0.2, 0.25) is 0 Å². The summed E-state index contributed by atoms with van der Waals surface area (Å²) in [6, 6.07) is 14.0. The number of thioether (sulfide) groups is 1. The molecule has 0 aliphatic rings. The molecule has 3 rings (SSSR count). The zero-order valence-corrected chi connectivity index (χ0v) is 11.0. The molecule has 3 aromatic rings. The normalized spacial score (nSPS) is 10.5. The molecule has 0 N–H and O–H groups in total. The number of aromatic nitrogens is 4. The number of nitrogens with zero attached hydrogens (tertiary/aromatic N) is 4. The topological polar surface area (TPSA) is 43.6 Å². The standard InChI is InChI=1S/C14H12N4S/c1-2-6-13(7-3-1)18-11-16-14(17-18)19-10-12-5-4-8-15-9-12/h1-9,11H,10H2. The van der Waals surface area contributed by atoms with Crippen LogP contribution in [0.15, 0.2) is 66.3 Å². The van der Waals surface area contributed by atoms with Gasteiger partial charge in [-0.15, -0.1) is 5.10 Å². The Bertz CT molecular complexity index is 637. The summed E-state index contributed by atoms with van der Waals surface area (Å²) in [5.41, 5.74) is 2.19. The molecule has 0 saturated heterocycles. The third kappa shape index (κ3) is 3.00. The third-order valence-corrected chi connectivity index (χ3v) is 3.51. The molecule has 0 atom stereocenters. The highest BCUT2D eigenvalue weighted by Gasteiger charge is 2.03. The summed E-state index contributed by atoms with van der Waals surface area (Å²) >= 11 is 1.61. The number of rotatable bonds is 4. The van der Waals surface area contributed by atoms with E-state index < -0.39 is 0 Å². The molecule has 0 saturated carbocycles. The van der Waals surface area contributed by atoms with Gasteiger partial charge in [-0.1, -0.05) is 36.0 Å². The summed E-state index contributed by atoms with van der Waals surface area (Å²) in [5.74, 6) is 0.826. The van der Waals surface area contributed by atoms with Crippen LogP contribution in [0.5, 0.6) is 0 Å². The second-order valence-electron chi connectivity index (χ2n) is 3.96. The average molecular weight is 268 g/mol. The van der Waals surface area contributed by atoms with Crippen LogP contribution in [0.4, 0.5) is 0 Å². The smallest absolute Gasteiger partial charge is 0.209 e. The first kappa shape index (κ1) is 11.9. The highest BCUT2D eigenvalue weighted by molar-refractivity contribution is 7.98. The minimum atomic E-state index is 0.771. The van der Waals surface area contributed by atoms with Gasteiger partial charge >= 0.3 is 0 Å². The molecule has 2 aromatic heterocycles. The lowest BCUT2D eigenvalue weighted by Gasteiger charge is -1.98. The van der Waals surface area contributed by atoms with Crippen LogP contribution in [0.25, 0.3) is 5.69 Å². The average Bonchev–Trinajstić information content (AvgIpc) is 2.96. The summed E-state index contributed by atoms with van der Waals surface area (Å²) in [6.45, 7) is 0. The SMILES string of the molecule is c1ccc(-n2cnc(SCc3cccnc3)n2)cc1. The second-order valence-corrected chi connectivity index (χ2v) is 4.90. The first-order valence-electron chi connectivity index (χ1n) is 5.90. The van der Waals surface area contributed by atoms with E-state index in [0.717, 1.165) is 16.6 Å². The van der Waals surface area contributed by atoms with E-state index in [2.05, 4.69) is 15.1 Å². The zero-order valence-electron chi connectivity index (χ0n) is 10.2. The summed E-state index contributed by atoms with van der Waals surface area (Å²) in [4.78, 5) is 8.39. The van der Waals surface area contributed by atoms with E-state index in [-0.39, 0.29) is 0 Å². The lowest BCUT2D eigenvalue weighted by atomic mass is 10.3. The Labute approximate surface area is 115 Å². The second kappa shape index (κ2) is 5.67. The lowest BCUT2D eigenvalue weighted by molar-refractivity contribution is 0.834. The van der Waals surface area contributed by atoms with E-state index in [1.165, 1.54) is 5.56 Å². The predicted molar refractivity (Wildman–Crippen MR) is 75.2 cm³/mol. The van der Waals surface area contributed by atoms with Crippen LogP contribution in [0, 0.1) is 0 Å². The van der Waals surface area contributed by atoms with Crippen molar-refractivity contribution in [1.82, 2.24) is 19.7 Å². The lowest BCUT2D eigenvalue weighted by Crippen LogP contribution is -1.93. The summed E-state index contributed by atoms with van der Waals surface area (Å²) in [6.07, 6.45) is 5.37. The van der Waals surface area contributed by atoms with Crippen molar-refractivity contribution in [3.8, 4) is 5.69 Å². The Kier molecular flexibility index (Phi) is 3.56. The molecule has 0 spiro atoms. The summed E-state index contributed by atoms with van der Waals surface area (Å²) in [7, 11) is 0. The number of benzene rings is 1. The molecule has 2 heterocycles. The molecule has 0 radical (unpaired) electrons. The summed E-state index contributed by atoms with van der Waals surface area (Å²) < 4.78 is 1.78. The van der Waals surface area contributed by atoms with Crippen LogP contribution in [-0.4, -0.2) is 19.7 Å². The minimum absolute atomic E-state index is 0.771. The molecule has 0 aliphatic heterocycles. The Morgan fingerprint density at radius 1 is 1.05 bits per heavy atom. The van der Waals surface area contributed by atoms with E-state index in [1.54, 1.807) is 29.0 Å². The van der Waals surface area contributed by atoms with E-state index in [4.69, 9.17) is 0 Å². The van der Waals surface area contributed by atoms with Gasteiger partial charge in [0.2, 0.25) is 5.16 Å². The van der Waals surface area contributed by atoms with Gasteiger partial charge in [0.25, 0.3) is 0 Å². The number of hydrogen-bond acceptors (Lipinski definition) is 4. The highest BCUT2D eigenvalue weighted by Crippen LogP contribution is 2.18. The van der Waals surface area contributed by atoms with Gasteiger partial charge < -0.3 is 0 Å². The number of para-hydroxylation sites is 1. The molecule has 94 valence electrons. The molecule has 19 heavy (non-hydrogen) atoms. The van der Waals surface area contributed by atoms with Crippen molar-refractivity contribution in [2.45, 2.75) is 10.9 Å². The zero-order chi connectivity index (χ0) is 12.9. The van der Waals surface area contributed by atoms with Gasteiger partial charge in [0, 0.05) is 18.1 Å². The van der Waals surface area contributed by atoms with Crippen LogP contribution < -0.4 is 0 Å². The fourth-order valence-corrected chi connectivity index (χ4v) is 2.38. The molecule has 0 amide bonds. The maximum absolute atomic E-state index is 4.44. The van der Waals surface area contributed by atoms with Gasteiger partial charge in [-0.3, -0.25) is 4.98 Å². The number of pyridine rings is 1. The van der Waals surface area contributed by atoms with Crippen molar-refractivity contribution in [3.63, 3.8) is 0 Å². The monoisotopic (exact) mass is 268 g/mol. The Balaban J connectivity index is 1.69. The fourth-order valence-electron chi connectivity index (χ4n) is 1.65. The molecular formula is C14H12N4S. The molecule has 0 unspecified atom stereocenters. The first-order chi connectivity index (χ1) is 9.42. The van der Waals surface area contributed by atoms with Gasteiger partial charge in [0.05, 0.1) is 5.69 Å². The van der Waals surface area contributed by atoms with Crippen molar-refractivity contribution in [2.75, 3.05) is 0 Å². The highest BCUT2D eigenvalue weighted by atomic mass is 32.2. The van der Waals surface area contributed by atoms with E-state index in [0.29, 0.717) is 0 Å². The third-order valence-electron chi connectivity index (χ3n) is 2.58. The molecule has 0 fully saturated rings. The minimum Gasteiger partial charge on any atom is -0.264 e. The molecule has 5 heteroatoms. The Morgan fingerprint density at radius 2 is 1.95 bits per heavy atom. The van der Waals surface area contributed by atoms with E-state index in [1.807, 2.05) is 48.7 Å². The first-order valence-corrected chi connectivity index (χ1v) is 6.89. The van der Waals surface area contributed by atoms with Crippen molar-refractivity contribution in [1.29, 1.82) is 0 Å². The number of hydrogen-bond donors (Lipinski definition) is 0. The van der Waals surface area contributed by atoms with Crippen molar-refractivity contribution in [3.05, 3.63) is 66.7 Å².